The van der Waals surface area contributed by atoms with E-state index in [2.05, 4.69) is 5.32 Å². The number of ether oxygens (including phenoxy) is 2. The molecule has 1 amide bonds. The molecule has 0 unspecified atom stereocenters. The van der Waals surface area contributed by atoms with Crippen LogP contribution in [0.4, 0.5) is 5.69 Å². The number of carbonyl (C=O) groups excluding carboxylic acids is 2. The summed E-state index contributed by atoms with van der Waals surface area (Å²) in [4.78, 5) is 24.2. The number of carbonyl (C=O) groups is 2. The highest BCUT2D eigenvalue weighted by Crippen LogP contribution is 2.23. The van der Waals surface area contributed by atoms with Crippen LogP contribution in [-0.2, 0) is 9.53 Å². The van der Waals surface area contributed by atoms with Crippen LogP contribution in [0.15, 0.2) is 42.5 Å². The number of amides is 1. The van der Waals surface area contributed by atoms with Gasteiger partial charge in [-0.3, -0.25) is 4.79 Å². The summed E-state index contributed by atoms with van der Waals surface area (Å²) >= 11 is 5.71. The minimum Gasteiger partial charge on any atom is -0.507 e. The van der Waals surface area contributed by atoms with Crippen molar-refractivity contribution >= 4 is 29.2 Å². The maximum Gasteiger partial charge on any atom is 0.342 e. The molecule has 0 saturated heterocycles. The van der Waals surface area contributed by atoms with Gasteiger partial charge in [0.15, 0.2) is 6.10 Å². The van der Waals surface area contributed by atoms with Crippen LogP contribution in [0.2, 0.25) is 5.02 Å². The summed E-state index contributed by atoms with van der Waals surface area (Å²) in [5.41, 5.74) is 0.482. The standard InChI is InChI=1S/C18H18ClNO5/c1-3-24-14-7-5-13(6-8-14)20-17(22)11(2)25-18(23)15-9-4-12(19)10-16(15)21/h4-11,21H,3H2,1-2H3,(H,20,22)/t11-/m1/s1. The van der Waals surface area contributed by atoms with Crippen LogP contribution in [0.1, 0.15) is 24.2 Å². The third kappa shape index (κ3) is 5.12. The first-order chi connectivity index (χ1) is 11.9. The second-order valence-corrected chi connectivity index (χ2v) is 5.59. The van der Waals surface area contributed by atoms with Gasteiger partial charge in [0.1, 0.15) is 17.1 Å². The zero-order valence-corrected chi connectivity index (χ0v) is 14.5. The summed E-state index contributed by atoms with van der Waals surface area (Å²) in [5.74, 6) is -0.927. The van der Waals surface area contributed by atoms with Crippen molar-refractivity contribution in [2.24, 2.45) is 0 Å². The number of hydrogen-bond acceptors (Lipinski definition) is 5. The predicted octanol–water partition coefficient (Wildman–Crippen LogP) is 3.63. The zero-order chi connectivity index (χ0) is 18.4. The SMILES string of the molecule is CCOc1ccc(NC(=O)[C@@H](C)OC(=O)c2ccc(Cl)cc2O)cc1. The van der Waals surface area contributed by atoms with E-state index in [9.17, 15) is 14.7 Å². The molecule has 0 spiro atoms. The molecule has 2 rings (SSSR count). The van der Waals surface area contributed by atoms with E-state index < -0.39 is 18.0 Å². The molecule has 2 N–H and O–H groups in total. The Balaban J connectivity index is 1.96. The van der Waals surface area contributed by atoms with Crippen LogP contribution in [-0.4, -0.2) is 29.7 Å². The summed E-state index contributed by atoms with van der Waals surface area (Å²) in [6.07, 6.45) is -1.05. The Hall–Kier alpha value is -2.73. The normalized spacial score (nSPS) is 11.5. The third-order valence-electron chi connectivity index (χ3n) is 3.27. The molecule has 132 valence electrons. The van der Waals surface area contributed by atoms with Crippen LogP contribution in [0.5, 0.6) is 11.5 Å². The largest absolute Gasteiger partial charge is 0.507 e. The van der Waals surface area contributed by atoms with E-state index in [1.807, 2.05) is 6.92 Å². The van der Waals surface area contributed by atoms with Crippen LogP contribution in [0.3, 0.4) is 0 Å². The number of hydrogen-bond donors (Lipinski definition) is 2. The molecule has 0 bridgehead atoms. The maximum absolute atomic E-state index is 12.1. The molecule has 0 heterocycles. The number of rotatable bonds is 6. The second-order valence-electron chi connectivity index (χ2n) is 5.16. The van der Waals surface area contributed by atoms with Gasteiger partial charge in [0.25, 0.3) is 5.91 Å². The molecule has 0 aromatic heterocycles. The number of aromatic hydroxyl groups is 1. The van der Waals surface area contributed by atoms with Crippen molar-refractivity contribution in [3.63, 3.8) is 0 Å². The summed E-state index contributed by atoms with van der Waals surface area (Å²) < 4.78 is 10.4. The van der Waals surface area contributed by atoms with Crippen LogP contribution in [0, 0.1) is 0 Å². The lowest BCUT2D eigenvalue weighted by Gasteiger charge is -2.14. The molecule has 0 fully saturated rings. The number of phenols is 1. The van der Waals surface area contributed by atoms with E-state index in [1.165, 1.54) is 25.1 Å². The Morgan fingerprint density at radius 2 is 1.88 bits per heavy atom. The van der Waals surface area contributed by atoms with Gasteiger partial charge in [0.2, 0.25) is 0 Å². The Morgan fingerprint density at radius 1 is 1.20 bits per heavy atom. The zero-order valence-electron chi connectivity index (χ0n) is 13.8. The van der Waals surface area contributed by atoms with E-state index >= 15 is 0 Å². The molecule has 0 saturated carbocycles. The quantitative estimate of drug-likeness (QED) is 0.765. The van der Waals surface area contributed by atoms with Gasteiger partial charge in [0, 0.05) is 10.7 Å². The predicted molar refractivity (Wildman–Crippen MR) is 94.2 cm³/mol. The van der Waals surface area contributed by atoms with Crippen molar-refractivity contribution in [1.29, 1.82) is 0 Å². The molecule has 25 heavy (non-hydrogen) atoms. The number of halogens is 1. The lowest BCUT2D eigenvalue weighted by Crippen LogP contribution is -2.30. The molecule has 1 atom stereocenters. The summed E-state index contributed by atoms with van der Waals surface area (Å²) in [5, 5.41) is 12.6. The highest BCUT2D eigenvalue weighted by molar-refractivity contribution is 6.30. The Morgan fingerprint density at radius 3 is 2.48 bits per heavy atom. The number of nitrogens with one attached hydrogen (secondary N) is 1. The number of phenolic OH excluding ortho intramolecular Hbond substituents is 1. The monoisotopic (exact) mass is 363 g/mol. The van der Waals surface area contributed by atoms with Crippen molar-refractivity contribution in [2.75, 3.05) is 11.9 Å². The van der Waals surface area contributed by atoms with Crippen molar-refractivity contribution in [3.8, 4) is 11.5 Å². The van der Waals surface area contributed by atoms with Gasteiger partial charge in [0.05, 0.1) is 6.61 Å². The Labute approximate surface area is 150 Å². The number of anilines is 1. The van der Waals surface area contributed by atoms with Crippen molar-refractivity contribution < 1.29 is 24.2 Å². The van der Waals surface area contributed by atoms with E-state index in [-0.39, 0.29) is 16.3 Å². The van der Waals surface area contributed by atoms with Crippen molar-refractivity contribution in [1.82, 2.24) is 0 Å². The summed E-state index contributed by atoms with van der Waals surface area (Å²) in [6, 6.07) is 10.8. The van der Waals surface area contributed by atoms with E-state index in [0.29, 0.717) is 18.0 Å². The summed E-state index contributed by atoms with van der Waals surface area (Å²) in [7, 11) is 0. The molecule has 7 heteroatoms. The lowest BCUT2D eigenvalue weighted by atomic mass is 10.2. The molecule has 0 aliphatic carbocycles. The highest BCUT2D eigenvalue weighted by Gasteiger charge is 2.21. The van der Waals surface area contributed by atoms with Crippen LogP contribution < -0.4 is 10.1 Å². The van der Waals surface area contributed by atoms with Gasteiger partial charge in [-0.15, -0.1) is 0 Å². The first-order valence-electron chi connectivity index (χ1n) is 7.64. The van der Waals surface area contributed by atoms with Gasteiger partial charge >= 0.3 is 5.97 Å². The van der Waals surface area contributed by atoms with E-state index in [4.69, 9.17) is 21.1 Å². The first kappa shape index (κ1) is 18.6. The van der Waals surface area contributed by atoms with Gasteiger partial charge < -0.3 is 19.9 Å². The molecule has 0 radical (unpaired) electrons. The van der Waals surface area contributed by atoms with Gasteiger partial charge in [-0.25, -0.2) is 4.79 Å². The number of esters is 1. The van der Waals surface area contributed by atoms with Crippen molar-refractivity contribution in [2.45, 2.75) is 20.0 Å². The van der Waals surface area contributed by atoms with E-state index in [0.717, 1.165) is 0 Å². The molecule has 2 aromatic rings. The fourth-order valence-electron chi connectivity index (χ4n) is 2.00. The smallest absolute Gasteiger partial charge is 0.342 e. The fraction of sp³-hybridized carbons (Fsp3) is 0.222. The Kier molecular flexibility index (Phi) is 6.25. The molecular weight excluding hydrogens is 346 g/mol. The first-order valence-corrected chi connectivity index (χ1v) is 8.01. The maximum atomic E-state index is 12.1. The molecule has 2 aromatic carbocycles. The van der Waals surface area contributed by atoms with Gasteiger partial charge in [-0.05, 0) is 56.3 Å². The van der Waals surface area contributed by atoms with Crippen LogP contribution >= 0.6 is 11.6 Å². The average molecular weight is 364 g/mol. The van der Waals surface area contributed by atoms with Crippen LogP contribution in [0.25, 0.3) is 0 Å². The minimum absolute atomic E-state index is 0.0647. The average Bonchev–Trinajstić information content (AvgIpc) is 2.56. The van der Waals surface area contributed by atoms with E-state index in [1.54, 1.807) is 24.3 Å². The second kappa shape index (κ2) is 8.39. The number of benzene rings is 2. The van der Waals surface area contributed by atoms with Crippen molar-refractivity contribution in [3.05, 3.63) is 53.1 Å². The molecular formula is C18H18ClNO5. The van der Waals surface area contributed by atoms with Gasteiger partial charge in [-0.1, -0.05) is 11.6 Å². The topological polar surface area (TPSA) is 84.9 Å². The Bertz CT molecular complexity index is 761. The minimum atomic E-state index is -1.05. The van der Waals surface area contributed by atoms with Gasteiger partial charge in [-0.2, -0.15) is 0 Å². The lowest BCUT2D eigenvalue weighted by molar-refractivity contribution is -0.123. The third-order valence-corrected chi connectivity index (χ3v) is 3.50. The molecule has 6 nitrogen and oxygen atoms in total. The summed E-state index contributed by atoms with van der Waals surface area (Å²) in [6.45, 7) is 3.87. The molecule has 0 aliphatic rings. The highest BCUT2D eigenvalue weighted by atomic mass is 35.5. The fourth-order valence-corrected chi connectivity index (χ4v) is 2.17. The molecule has 0 aliphatic heterocycles.